The van der Waals surface area contributed by atoms with Crippen LogP contribution in [0.3, 0.4) is 0 Å². The first-order valence-corrected chi connectivity index (χ1v) is 10.0. The lowest BCUT2D eigenvalue weighted by atomic mass is 10.1. The number of benzene rings is 1. The molecular weight excluding hydrogens is 318 g/mol. The van der Waals surface area contributed by atoms with Crippen LogP contribution in [0.25, 0.3) is 10.9 Å². The molecule has 2 aromatic rings. The van der Waals surface area contributed by atoms with Crippen LogP contribution < -0.4 is 0 Å². The van der Waals surface area contributed by atoms with Crippen molar-refractivity contribution in [2.24, 2.45) is 0 Å². The summed E-state index contributed by atoms with van der Waals surface area (Å²) in [5.74, 6) is 2.51. The van der Waals surface area contributed by atoms with E-state index in [2.05, 4.69) is 23.7 Å². The van der Waals surface area contributed by atoms with E-state index in [0.717, 1.165) is 49.1 Å². The van der Waals surface area contributed by atoms with Gasteiger partial charge in [0.25, 0.3) is 5.91 Å². The molecule has 1 aliphatic rings. The lowest BCUT2D eigenvalue weighted by Crippen LogP contribution is -2.39. The second kappa shape index (κ2) is 8.08. The van der Waals surface area contributed by atoms with Crippen LogP contribution in [0.4, 0.5) is 0 Å². The normalized spacial score (nSPS) is 17.8. The molecule has 1 N–H and O–H groups in total. The van der Waals surface area contributed by atoms with Crippen molar-refractivity contribution < 1.29 is 4.79 Å². The van der Waals surface area contributed by atoms with E-state index >= 15 is 0 Å². The van der Waals surface area contributed by atoms with Crippen LogP contribution in [0.15, 0.2) is 30.5 Å². The third kappa shape index (κ3) is 3.95. The highest BCUT2D eigenvalue weighted by molar-refractivity contribution is 7.99. The molecule has 1 aliphatic heterocycles. The average Bonchev–Trinajstić information content (AvgIpc) is 2.93. The van der Waals surface area contributed by atoms with Gasteiger partial charge >= 0.3 is 0 Å². The predicted molar refractivity (Wildman–Crippen MR) is 103 cm³/mol. The number of hydrogen-bond acceptors (Lipinski definition) is 3. The number of amides is 1. The first-order valence-electron chi connectivity index (χ1n) is 8.87. The summed E-state index contributed by atoms with van der Waals surface area (Å²) in [5.41, 5.74) is 1.88. The average molecular weight is 346 g/mol. The minimum absolute atomic E-state index is 0.163. The van der Waals surface area contributed by atoms with Crippen molar-refractivity contribution in [3.05, 3.63) is 36.0 Å². The van der Waals surface area contributed by atoms with Gasteiger partial charge in [0, 0.05) is 60.6 Å². The number of nitrogens with zero attached hydrogens (tertiary/aromatic N) is 2. The van der Waals surface area contributed by atoms with Crippen molar-refractivity contribution in [2.45, 2.75) is 26.3 Å². The molecule has 1 fully saturated rings. The highest BCUT2D eigenvalue weighted by Gasteiger charge is 2.22. The third-order valence-electron chi connectivity index (χ3n) is 4.80. The van der Waals surface area contributed by atoms with E-state index in [-0.39, 0.29) is 5.91 Å². The highest BCUT2D eigenvalue weighted by atomic mass is 32.2. The van der Waals surface area contributed by atoms with E-state index in [1.54, 1.807) is 0 Å². The number of rotatable bonds is 5. The molecule has 3 rings (SSSR count). The lowest BCUT2D eigenvalue weighted by Gasteiger charge is -2.27. The van der Waals surface area contributed by atoms with Gasteiger partial charge in [-0.15, -0.1) is 0 Å². The first kappa shape index (κ1) is 17.4. The molecule has 24 heavy (non-hydrogen) atoms. The Morgan fingerprint density at radius 1 is 1.25 bits per heavy atom. The Kier molecular flexibility index (Phi) is 5.85. The van der Waals surface area contributed by atoms with Gasteiger partial charge in [0.05, 0.1) is 0 Å². The van der Waals surface area contributed by atoms with E-state index < -0.39 is 0 Å². The summed E-state index contributed by atoms with van der Waals surface area (Å²) in [6.07, 6.45) is 2.97. The third-order valence-corrected chi connectivity index (χ3v) is 5.93. The maximum atomic E-state index is 12.9. The van der Waals surface area contributed by atoms with Crippen LogP contribution in [0.1, 0.15) is 30.6 Å². The summed E-state index contributed by atoms with van der Waals surface area (Å²) in [6, 6.07) is 8.53. The van der Waals surface area contributed by atoms with E-state index in [4.69, 9.17) is 0 Å². The largest absolute Gasteiger partial charge is 0.361 e. The number of aromatic nitrogens is 1. The SMILES string of the molecule is CCSCC(C)N1CCCN(C(=O)c2ccc3[nH]ccc3c2)CC1. The van der Waals surface area contributed by atoms with E-state index in [0.29, 0.717) is 6.04 Å². The van der Waals surface area contributed by atoms with Gasteiger partial charge in [-0.1, -0.05) is 6.92 Å². The molecule has 0 saturated carbocycles. The van der Waals surface area contributed by atoms with Crippen molar-refractivity contribution in [1.29, 1.82) is 0 Å². The second-order valence-electron chi connectivity index (χ2n) is 6.47. The van der Waals surface area contributed by atoms with Crippen molar-refractivity contribution in [2.75, 3.05) is 37.7 Å². The second-order valence-corrected chi connectivity index (χ2v) is 7.79. The molecular formula is C19H27N3OS. The summed E-state index contributed by atoms with van der Waals surface area (Å²) in [4.78, 5) is 20.6. The summed E-state index contributed by atoms with van der Waals surface area (Å²) in [5, 5.41) is 1.10. The number of aromatic amines is 1. The zero-order valence-electron chi connectivity index (χ0n) is 14.6. The van der Waals surface area contributed by atoms with Crippen LogP contribution in [0.5, 0.6) is 0 Å². The van der Waals surface area contributed by atoms with Crippen LogP contribution >= 0.6 is 11.8 Å². The molecule has 130 valence electrons. The molecule has 1 unspecified atom stereocenters. The summed E-state index contributed by atoms with van der Waals surface area (Å²) >= 11 is 2.00. The van der Waals surface area contributed by atoms with Gasteiger partial charge in [0.1, 0.15) is 0 Å². The number of H-pyrrole nitrogens is 1. The van der Waals surface area contributed by atoms with Gasteiger partial charge in [0.15, 0.2) is 0 Å². The summed E-state index contributed by atoms with van der Waals surface area (Å²) in [6.45, 7) is 8.26. The Morgan fingerprint density at radius 3 is 2.96 bits per heavy atom. The van der Waals surface area contributed by atoms with Crippen LogP contribution in [0.2, 0.25) is 0 Å². The number of nitrogens with one attached hydrogen (secondary N) is 1. The Morgan fingerprint density at radius 2 is 2.12 bits per heavy atom. The topological polar surface area (TPSA) is 39.3 Å². The fourth-order valence-electron chi connectivity index (χ4n) is 3.34. The smallest absolute Gasteiger partial charge is 0.253 e. The minimum atomic E-state index is 0.163. The molecule has 5 heteroatoms. The summed E-state index contributed by atoms with van der Waals surface area (Å²) < 4.78 is 0. The Bertz CT molecular complexity index is 684. The number of fused-ring (bicyclic) bond motifs is 1. The molecule has 4 nitrogen and oxygen atoms in total. The molecule has 1 amide bonds. The first-order chi connectivity index (χ1) is 11.7. The molecule has 1 atom stereocenters. The Hall–Kier alpha value is -1.46. The molecule has 0 spiro atoms. The van der Waals surface area contributed by atoms with Gasteiger partial charge in [0.2, 0.25) is 0 Å². The maximum absolute atomic E-state index is 12.9. The van der Waals surface area contributed by atoms with Gasteiger partial charge in [-0.3, -0.25) is 9.69 Å². The number of carbonyl (C=O) groups excluding carboxylic acids is 1. The Labute approximate surface area is 148 Å². The van der Waals surface area contributed by atoms with Crippen LogP contribution in [-0.4, -0.2) is 64.4 Å². The van der Waals surface area contributed by atoms with E-state index in [1.807, 2.05) is 47.1 Å². The molecule has 2 heterocycles. The molecule has 0 radical (unpaired) electrons. The van der Waals surface area contributed by atoms with E-state index in [9.17, 15) is 4.79 Å². The fourth-order valence-corrected chi connectivity index (χ4v) is 4.13. The maximum Gasteiger partial charge on any atom is 0.253 e. The fraction of sp³-hybridized carbons (Fsp3) is 0.526. The van der Waals surface area contributed by atoms with Gasteiger partial charge < -0.3 is 9.88 Å². The van der Waals surface area contributed by atoms with Crippen molar-refractivity contribution >= 4 is 28.6 Å². The molecule has 0 aliphatic carbocycles. The molecule has 1 aromatic carbocycles. The van der Waals surface area contributed by atoms with E-state index in [1.165, 1.54) is 11.5 Å². The number of hydrogen-bond donors (Lipinski definition) is 1. The minimum Gasteiger partial charge on any atom is -0.361 e. The number of carbonyl (C=O) groups is 1. The van der Waals surface area contributed by atoms with Crippen molar-refractivity contribution in [3.8, 4) is 0 Å². The predicted octanol–water partition coefficient (Wildman–Crippen LogP) is 3.46. The number of thioether (sulfide) groups is 1. The van der Waals surface area contributed by atoms with Crippen LogP contribution in [0, 0.1) is 0 Å². The quantitative estimate of drug-likeness (QED) is 0.902. The van der Waals surface area contributed by atoms with Crippen LogP contribution in [-0.2, 0) is 0 Å². The molecule has 0 bridgehead atoms. The van der Waals surface area contributed by atoms with Crippen molar-refractivity contribution in [3.63, 3.8) is 0 Å². The van der Waals surface area contributed by atoms with Gasteiger partial charge in [-0.05, 0) is 43.4 Å². The zero-order valence-corrected chi connectivity index (χ0v) is 15.4. The lowest BCUT2D eigenvalue weighted by molar-refractivity contribution is 0.0759. The van der Waals surface area contributed by atoms with Crippen molar-refractivity contribution in [1.82, 2.24) is 14.8 Å². The molecule has 1 aromatic heterocycles. The monoisotopic (exact) mass is 345 g/mol. The zero-order chi connectivity index (χ0) is 16.9. The highest BCUT2D eigenvalue weighted by Crippen LogP contribution is 2.17. The van der Waals surface area contributed by atoms with Gasteiger partial charge in [-0.25, -0.2) is 0 Å². The Balaban J connectivity index is 1.63. The standard InChI is InChI=1S/C19H27N3OS/c1-3-24-14-15(2)21-9-4-10-22(12-11-21)19(23)17-5-6-18-16(13-17)7-8-20-18/h5-8,13,15,20H,3-4,9-12,14H2,1-2H3. The van der Waals surface area contributed by atoms with Gasteiger partial charge in [-0.2, -0.15) is 11.8 Å². The summed E-state index contributed by atoms with van der Waals surface area (Å²) in [7, 11) is 0. The molecule has 1 saturated heterocycles.